The van der Waals surface area contributed by atoms with E-state index >= 15 is 0 Å². The molecule has 1 fully saturated rings. The van der Waals surface area contributed by atoms with Crippen molar-refractivity contribution in [3.8, 4) is 0 Å². The summed E-state index contributed by atoms with van der Waals surface area (Å²) in [5, 5.41) is 4.75. The third-order valence-electron chi connectivity index (χ3n) is 3.22. The summed E-state index contributed by atoms with van der Waals surface area (Å²) in [7, 11) is -2.90. The molecule has 0 bridgehead atoms. The van der Waals surface area contributed by atoms with Crippen LogP contribution in [0.25, 0.3) is 0 Å². The second kappa shape index (κ2) is 3.66. The van der Waals surface area contributed by atoms with E-state index in [2.05, 4.69) is 12.2 Å². The Hall–Kier alpha value is -0.350. The number of hydrogen-bond donors (Lipinski definition) is 1. The zero-order valence-corrected chi connectivity index (χ0v) is 9.26. The van der Waals surface area contributed by atoms with Crippen molar-refractivity contribution in [2.24, 2.45) is 5.92 Å². The Labute approximate surface area is 85.5 Å². The van der Waals surface area contributed by atoms with E-state index in [1.165, 1.54) is 24.7 Å². The topological polar surface area (TPSA) is 46.2 Å². The van der Waals surface area contributed by atoms with E-state index in [4.69, 9.17) is 0 Å². The minimum Gasteiger partial charge on any atom is -0.306 e. The van der Waals surface area contributed by atoms with Crippen molar-refractivity contribution in [2.75, 3.05) is 5.75 Å². The molecule has 0 aromatic rings. The van der Waals surface area contributed by atoms with Crippen molar-refractivity contribution in [1.29, 1.82) is 0 Å². The fourth-order valence-electron chi connectivity index (χ4n) is 2.35. The first kappa shape index (κ1) is 10.2. The largest absolute Gasteiger partial charge is 0.306 e. The average molecular weight is 215 g/mol. The maximum Gasteiger partial charge on any atom is 0.173 e. The predicted molar refractivity (Wildman–Crippen MR) is 56.7 cm³/mol. The Kier molecular flexibility index (Phi) is 2.66. The zero-order chi connectivity index (χ0) is 10.2. The molecule has 1 aliphatic heterocycles. The van der Waals surface area contributed by atoms with Gasteiger partial charge in [0.1, 0.15) is 0 Å². The zero-order valence-electron chi connectivity index (χ0n) is 8.44. The van der Waals surface area contributed by atoms with Crippen LogP contribution in [-0.2, 0) is 9.84 Å². The first-order chi connectivity index (χ1) is 6.57. The van der Waals surface area contributed by atoms with Crippen LogP contribution < -0.4 is 5.32 Å². The summed E-state index contributed by atoms with van der Waals surface area (Å²) < 4.78 is 22.3. The summed E-state index contributed by atoms with van der Waals surface area (Å²) in [6.45, 7) is 2.23. The third-order valence-corrected chi connectivity index (χ3v) is 4.62. The molecule has 3 nitrogen and oxygen atoms in total. The normalized spacial score (nSPS) is 40.5. The summed E-state index contributed by atoms with van der Waals surface area (Å²) in [5.74, 6) is 0.933. The van der Waals surface area contributed by atoms with Gasteiger partial charge in [0.2, 0.25) is 0 Å². The summed E-state index contributed by atoms with van der Waals surface area (Å²) >= 11 is 0. The predicted octanol–water partition coefficient (Wildman–Crippen LogP) is 1.08. The van der Waals surface area contributed by atoms with Crippen molar-refractivity contribution < 1.29 is 8.42 Å². The molecule has 80 valence electrons. The molecule has 2 rings (SSSR count). The lowest BCUT2D eigenvalue weighted by molar-refractivity contribution is 0.411. The maximum absolute atomic E-state index is 11.2. The molecule has 0 spiro atoms. The lowest BCUT2D eigenvalue weighted by Gasteiger charge is -2.20. The highest BCUT2D eigenvalue weighted by Crippen LogP contribution is 2.25. The minimum absolute atomic E-state index is 0.0468. The van der Waals surface area contributed by atoms with Gasteiger partial charge in [-0.2, -0.15) is 0 Å². The van der Waals surface area contributed by atoms with Crippen molar-refractivity contribution in [3.63, 3.8) is 0 Å². The first-order valence-electron chi connectivity index (χ1n) is 5.24. The van der Waals surface area contributed by atoms with E-state index in [-0.39, 0.29) is 11.8 Å². The SMILES string of the molecule is CC1CCCC1NC1C=CS(=O)(=O)C1. The second-order valence-electron chi connectivity index (χ2n) is 4.45. The molecule has 0 aromatic carbocycles. The van der Waals surface area contributed by atoms with Crippen molar-refractivity contribution in [3.05, 3.63) is 11.5 Å². The van der Waals surface area contributed by atoms with Crippen LogP contribution in [0.1, 0.15) is 26.2 Å². The van der Waals surface area contributed by atoms with Crippen LogP contribution in [0.2, 0.25) is 0 Å². The fourth-order valence-corrected chi connectivity index (χ4v) is 3.60. The van der Waals surface area contributed by atoms with E-state index in [9.17, 15) is 8.42 Å². The van der Waals surface area contributed by atoms with Gasteiger partial charge in [-0.25, -0.2) is 8.42 Å². The molecule has 0 aromatic heterocycles. The van der Waals surface area contributed by atoms with E-state index in [1.807, 2.05) is 0 Å². The number of sulfone groups is 1. The molecule has 0 radical (unpaired) electrons. The van der Waals surface area contributed by atoms with Gasteiger partial charge in [0, 0.05) is 17.5 Å². The van der Waals surface area contributed by atoms with E-state index in [0.717, 1.165) is 0 Å². The van der Waals surface area contributed by atoms with Gasteiger partial charge < -0.3 is 5.32 Å². The highest BCUT2D eigenvalue weighted by molar-refractivity contribution is 7.94. The standard InChI is InChI=1S/C10H17NO2S/c1-8-3-2-4-10(8)11-9-5-6-14(12,13)7-9/h5-6,8-11H,2-4,7H2,1H3. The van der Waals surface area contributed by atoms with Gasteiger partial charge in [-0.3, -0.25) is 0 Å². The monoisotopic (exact) mass is 215 g/mol. The van der Waals surface area contributed by atoms with Crippen LogP contribution in [0.3, 0.4) is 0 Å². The molecule has 3 unspecified atom stereocenters. The summed E-state index contributed by atoms with van der Waals surface area (Å²) in [5.41, 5.74) is 0. The average Bonchev–Trinajstić information content (AvgIpc) is 2.61. The Morgan fingerprint density at radius 2 is 2.14 bits per heavy atom. The molecule has 1 saturated carbocycles. The summed E-state index contributed by atoms with van der Waals surface area (Å²) in [6, 6.07) is 0.559. The van der Waals surface area contributed by atoms with Gasteiger partial charge in [0.25, 0.3) is 0 Å². The maximum atomic E-state index is 11.2. The molecular weight excluding hydrogens is 198 g/mol. The molecule has 1 N–H and O–H groups in total. The van der Waals surface area contributed by atoms with Crippen LogP contribution in [-0.4, -0.2) is 26.3 Å². The van der Waals surface area contributed by atoms with Gasteiger partial charge in [-0.05, 0) is 18.8 Å². The van der Waals surface area contributed by atoms with E-state index < -0.39 is 9.84 Å². The van der Waals surface area contributed by atoms with E-state index in [0.29, 0.717) is 12.0 Å². The fraction of sp³-hybridized carbons (Fsp3) is 0.800. The molecule has 14 heavy (non-hydrogen) atoms. The highest BCUT2D eigenvalue weighted by atomic mass is 32.2. The van der Waals surface area contributed by atoms with Crippen molar-refractivity contribution >= 4 is 9.84 Å². The number of hydrogen-bond acceptors (Lipinski definition) is 3. The van der Waals surface area contributed by atoms with Crippen molar-refractivity contribution in [2.45, 2.75) is 38.3 Å². The van der Waals surface area contributed by atoms with Crippen LogP contribution in [0.5, 0.6) is 0 Å². The van der Waals surface area contributed by atoms with Gasteiger partial charge in [0.15, 0.2) is 9.84 Å². The Bertz CT molecular complexity index is 334. The number of rotatable bonds is 2. The molecule has 0 saturated heterocycles. The lowest BCUT2D eigenvalue weighted by atomic mass is 10.1. The third kappa shape index (κ3) is 2.17. The molecule has 1 aliphatic carbocycles. The lowest BCUT2D eigenvalue weighted by Crippen LogP contribution is -2.40. The van der Waals surface area contributed by atoms with Gasteiger partial charge in [-0.15, -0.1) is 0 Å². The Morgan fingerprint density at radius 1 is 1.36 bits per heavy atom. The van der Waals surface area contributed by atoms with Gasteiger partial charge in [0.05, 0.1) is 5.75 Å². The molecule has 4 heteroatoms. The molecule has 1 heterocycles. The Balaban J connectivity index is 1.91. The quantitative estimate of drug-likeness (QED) is 0.749. The molecule has 0 amide bonds. The molecule has 3 atom stereocenters. The molecule has 2 aliphatic rings. The first-order valence-corrected chi connectivity index (χ1v) is 6.95. The van der Waals surface area contributed by atoms with Crippen LogP contribution >= 0.6 is 0 Å². The smallest absolute Gasteiger partial charge is 0.173 e. The molecular formula is C10H17NO2S. The van der Waals surface area contributed by atoms with Gasteiger partial charge in [-0.1, -0.05) is 19.4 Å². The van der Waals surface area contributed by atoms with Crippen molar-refractivity contribution in [1.82, 2.24) is 5.32 Å². The van der Waals surface area contributed by atoms with Crippen LogP contribution in [0, 0.1) is 5.92 Å². The van der Waals surface area contributed by atoms with E-state index in [1.54, 1.807) is 6.08 Å². The summed E-state index contributed by atoms with van der Waals surface area (Å²) in [4.78, 5) is 0. The second-order valence-corrected chi connectivity index (χ2v) is 6.38. The minimum atomic E-state index is -2.90. The highest BCUT2D eigenvalue weighted by Gasteiger charge is 2.28. The summed E-state index contributed by atoms with van der Waals surface area (Å²) in [6.07, 6.45) is 5.49. The van der Waals surface area contributed by atoms with Crippen LogP contribution in [0.4, 0.5) is 0 Å². The Morgan fingerprint density at radius 3 is 2.64 bits per heavy atom. The van der Waals surface area contributed by atoms with Crippen LogP contribution in [0.15, 0.2) is 11.5 Å². The van der Waals surface area contributed by atoms with Gasteiger partial charge >= 0.3 is 0 Å². The number of nitrogens with one attached hydrogen (secondary N) is 1.